The van der Waals surface area contributed by atoms with E-state index < -0.39 is 0 Å². The summed E-state index contributed by atoms with van der Waals surface area (Å²) in [6.07, 6.45) is 0. The molecule has 0 radical (unpaired) electrons. The van der Waals surface area contributed by atoms with Gasteiger partial charge in [-0.25, -0.2) is 0 Å². The van der Waals surface area contributed by atoms with Gasteiger partial charge in [0.2, 0.25) is 0 Å². The van der Waals surface area contributed by atoms with Crippen LogP contribution in [0.3, 0.4) is 0 Å². The van der Waals surface area contributed by atoms with E-state index in [9.17, 15) is 9.59 Å². The van der Waals surface area contributed by atoms with Crippen molar-refractivity contribution in [1.29, 1.82) is 0 Å². The van der Waals surface area contributed by atoms with E-state index in [1.165, 1.54) is 0 Å². The average Bonchev–Trinajstić information content (AvgIpc) is 3.03. The molecule has 2 N–H and O–H groups in total. The molecule has 27 heavy (non-hydrogen) atoms. The van der Waals surface area contributed by atoms with E-state index in [0.29, 0.717) is 11.1 Å². The first-order valence-electron chi connectivity index (χ1n) is 8.72. The van der Waals surface area contributed by atoms with E-state index in [1.54, 1.807) is 19.1 Å². The first kappa shape index (κ1) is 16.8. The number of fused-ring (bicyclic) bond motifs is 1. The van der Waals surface area contributed by atoms with Crippen LogP contribution in [0.4, 0.5) is 11.4 Å². The molecule has 4 nitrogen and oxygen atoms in total. The molecule has 1 amide bonds. The Bertz CT molecular complexity index is 1050. The summed E-state index contributed by atoms with van der Waals surface area (Å²) in [6.45, 7) is 1.54. The van der Waals surface area contributed by atoms with Crippen LogP contribution in [-0.4, -0.2) is 11.7 Å². The number of amides is 1. The lowest BCUT2D eigenvalue weighted by molar-refractivity contribution is -0.110. The topological polar surface area (TPSA) is 58.2 Å². The van der Waals surface area contributed by atoms with Crippen molar-refractivity contribution < 1.29 is 9.59 Å². The van der Waals surface area contributed by atoms with E-state index >= 15 is 0 Å². The second-order valence-electron chi connectivity index (χ2n) is 6.37. The van der Waals surface area contributed by atoms with Gasteiger partial charge < -0.3 is 10.6 Å². The highest BCUT2D eigenvalue weighted by atomic mass is 16.2. The first-order chi connectivity index (χ1) is 13.1. The molecular weight excluding hydrogens is 336 g/mol. The van der Waals surface area contributed by atoms with Crippen LogP contribution >= 0.6 is 0 Å². The van der Waals surface area contributed by atoms with Crippen LogP contribution in [0.25, 0.3) is 11.3 Å². The van der Waals surface area contributed by atoms with E-state index in [1.807, 2.05) is 66.7 Å². The Labute approximate surface area is 157 Å². The van der Waals surface area contributed by atoms with Gasteiger partial charge in [-0.15, -0.1) is 0 Å². The van der Waals surface area contributed by atoms with Gasteiger partial charge in [-0.2, -0.15) is 0 Å². The summed E-state index contributed by atoms with van der Waals surface area (Å²) in [7, 11) is 0. The zero-order valence-electron chi connectivity index (χ0n) is 14.8. The molecule has 0 bridgehead atoms. The Balaban J connectivity index is 1.84. The molecule has 0 aromatic heterocycles. The van der Waals surface area contributed by atoms with E-state index in [0.717, 1.165) is 28.2 Å². The van der Waals surface area contributed by atoms with Crippen molar-refractivity contribution in [3.63, 3.8) is 0 Å². The minimum Gasteiger partial charge on any atom is -0.354 e. The minimum atomic E-state index is -0.136. The number of hydrogen-bond acceptors (Lipinski definition) is 3. The summed E-state index contributed by atoms with van der Waals surface area (Å²) in [6, 6.07) is 24.7. The molecule has 3 aromatic carbocycles. The predicted octanol–water partition coefficient (Wildman–Crippen LogP) is 4.82. The van der Waals surface area contributed by atoms with Gasteiger partial charge in [0.05, 0.1) is 11.3 Å². The normalized spacial score (nSPS) is 14.3. The number of para-hydroxylation sites is 1. The van der Waals surface area contributed by atoms with Crippen LogP contribution in [0, 0.1) is 0 Å². The zero-order valence-corrected chi connectivity index (χ0v) is 14.8. The maximum Gasteiger partial charge on any atom is 0.258 e. The highest BCUT2D eigenvalue weighted by Gasteiger charge is 2.27. The average molecular weight is 354 g/mol. The van der Waals surface area contributed by atoms with Crippen LogP contribution in [0.2, 0.25) is 0 Å². The lowest BCUT2D eigenvalue weighted by atomic mass is 10.00. The summed E-state index contributed by atoms with van der Waals surface area (Å²) in [5.41, 5.74) is 5.38. The van der Waals surface area contributed by atoms with Crippen molar-refractivity contribution in [2.45, 2.75) is 6.92 Å². The Hall–Kier alpha value is -3.66. The fraction of sp³-hybridized carbons (Fsp3) is 0.0435. The van der Waals surface area contributed by atoms with Gasteiger partial charge in [-0.3, -0.25) is 9.59 Å². The summed E-state index contributed by atoms with van der Waals surface area (Å²) in [4.78, 5) is 24.2. The Morgan fingerprint density at radius 1 is 0.815 bits per heavy atom. The zero-order chi connectivity index (χ0) is 18.8. The number of carbonyl (C=O) groups is 2. The molecule has 132 valence electrons. The monoisotopic (exact) mass is 354 g/mol. The molecule has 1 aliphatic heterocycles. The third kappa shape index (κ3) is 3.25. The highest BCUT2D eigenvalue weighted by Crippen LogP contribution is 2.37. The molecule has 0 saturated heterocycles. The smallest absolute Gasteiger partial charge is 0.258 e. The molecule has 3 aromatic rings. The first-order valence-corrected chi connectivity index (χ1v) is 8.72. The molecule has 4 heteroatoms. The number of anilines is 2. The van der Waals surface area contributed by atoms with Crippen molar-refractivity contribution in [2.75, 3.05) is 10.6 Å². The second kappa shape index (κ2) is 6.92. The quantitative estimate of drug-likeness (QED) is 0.521. The van der Waals surface area contributed by atoms with Gasteiger partial charge in [0, 0.05) is 22.5 Å². The Morgan fingerprint density at radius 3 is 2.19 bits per heavy atom. The van der Waals surface area contributed by atoms with Crippen molar-refractivity contribution >= 4 is 34.3 Å². The van der Waals surface area contributed by atoms with Crippen LogP contribution in [0.5, 0.6) is 0 Å². The van der Waals surface area contributed by atoms with Crippen molar-refractivity contribution in [1.82, 2.24) is 0 Å². The second-order valence-corrected chi connectivity index (χ2v) is 6.37. The number of ketones is 1. The van der Waals surface area contributed by atoms with Crippen molar-refractivity contribution in [3.05, 3.63) is 95.6 Å². The Kier molecular flexibility index (Phi) is 4.30. The van der Waals surface area contributed by atoms with E-state index in [4.69, 9.17) is 0 Å². The van der Waals surface area contributed by atoms with Gasteiger partial charge in [0.1, 0.15) is 0 Å². The van der Waals surface area contributed by atoms with E-state index in [2.05, 4.69) is 10.6 Å². The predicted molar refractivity (Wildman–Crippen MR) is 108 cm³/mol. The third-order valence-corrected chi connectivity index (χ3v) is 4.54. The van der Waals surface area contributed by atoms with Crippen LogP contribution in [-0.2, 0) is 4.79 Å². The molecule has 0 atom stereocenters. The molecular formula is C23H18N2O2. The SMILES string of the molecule is CC(=O)c1ccc(NC(=C2C(=O)Nc3ccccc32)c2ccccc2)cc1. The van der Waals surface area contributed by atoms with Crippen molar-refractivity contribution in [2.24, 2.45) is 0 Å². The van der Waals surface area contributed by atoms with Crippen molar-refractivity contribution in [3.8, 4) is 0 Å². The maximum atomic E-state index is 12.7. The summed E-state index contributed by atoms with van der Waals surface area (Å²) in [5, 5.41) is 6.31. The number of hydrogen-bond donors (Lipinski definition) is 2. The van der Waals surface area contributed by atoms with Gasteiger partial charge in [0.25, 0.3) is 5.91 Å². The molecule has 0 spiro atoms. The standard InChI is InChI=1S/C23H18N2O2/c1-15(26)16-11-13-18(14-12-16)24-22(17-7-3-2-4-8-17)21-19-9-5-6-10-20(19)25-23(21)27/h2-14,24H,1H3,(H,25,27). The molecule has 4 rings (SSSR count). The van der Waals surface area contributed by atoms with Gasteiger partial charge in [-0.05, 0) is 42.8 Å². The van der Waals surface area contributed by atoms with Gasteiger partial charge >= 0.3 is 0 Å². The molecule has 0 aliphatic carbocycles. The van der Waals surface area contributed by atoms with Crippen LogP contribution < -0.4 is 10.6 Å². The van der Waals surface area contributed by atoms with Crippen LogP contribution in [0.1, 0.15) is 28.4 Å². The maximum absolute atomic E-state index is 12.7. The Morgan fingerprint density at radius 2 is 1.48 bits per heavy atom. The lowest BCUT2D eigenvalue weighted by Crippen LogP contribution is -2.10. The van der Waals surface area contributed by atoms with Gasteiger partial charge in [-0.1, -0.05) is 48.5 Å². The molecule has 0 saturated carbocycles. The largest absolute Gasteiger partial charge is 0.354 e. The molecule has 0 fully saturated rings. The van der Waals surface area contributed by atoms with E-state index in [-0.39, 0.29) is 11.7 Å². The highest BCUT2D eigenvalue weighted by molar-refractivity contribution is 6.37. The molecule has 1 aliphatic rings. The molecule has 1 heterocycles. The lowest BCUT2D eigenvalue weighted by Gasteiger charge is -2.15. The number of rotatable bonds is 4. The minimum absolute atomic E-state index is 0.0206. The number of carbonyl (C=O) groups excluding carboxylic acids is 2. The molecule has 0 unspecified atom stereocenters. The number of nitrogens with one attached hydrogen (secondary N) is 2. The fourth-order valence-corrected chi connectivity index (χ4v) is 3.18. The summed E-state index contributed by atoms with van der Waals surface area (Å²) >= 11 is 0. The number of benzene rings is 3. The summed E-state index contributed by atoms with van der Waals surface area (Å²) < 4.78 is 0. The van der Waals surface area contributed by atoms with Gasteiger partial charge in [0.15, 0.2) is 5.78 Å². The summed E-state index contributed by atoms with van der Waals surface area (Å²) in [5.74, 6) is -0.116. The fourth-order valence-electron chi connectivity index (χ4n) is 3.18. The van der Waals surface area contributed by atoms with Crippen LogP contribution in [0.15, 0.2) is 78.9 Å². The third-order valence-electron chi connectivity index (χ3n) is 4.54. The number of Topliss-reactive ketones (excluding diaryl/α,β-unsaturated/α-hetero) is 1.